The lowest BCUT2D eigenvalue weighted by Gasteiger charge is -2.20. The lowest BCUT2D eigenvalue weighted by molar-refractivity contribution is -0.136. The Kier molecular flexibility index (Phi) is 7.65. The number of carboxylic acid groups (broad SMARTS) is 1. The zero-order valence-electron chi connectivity index (χ0n) is 13.6. The van der Waals surface area contributed by atoms with Crippen molar-refractivity contribution in [3.63, 3.8) is 0 Å². The van der Waals surface area contributed by atoms with Crippen LogP contribution < -0.4 is 0 Å². The molecule has 0 fully saturated rings. The summed E-state index contributed by atoms with van der Waals surface area (Å²) >= 11 is 0. The van der Waals surface area contributed by atoms with Crippen LogP contribution in [-0.2, 0) is 11.2 Å². The first-order valence-corrected chi connectivity index (χ1v) is 7.26. The van der Waals surface area contributed by atoms with Gasteiger partial charge in [0, 0.05) is 0 Å². The number of aliphatic carboxylic acids is 1. The van der Waals surface area contributed by atoms with Crippen molar-refractivity contribution >= 4 is 5.97 Å². The molecule has 0 radical (unpaired) electrons. The molecule has 0 atom stereocenters. The molecule has 0 unspecified atom stereocenters. The Labute approximate surface area is 126 Å². The van der Waals surface area contributed by atoms with Crippen LogP contribution in [0, 0.1) is 17.1 Å². The maximum absolute atomic E-state index is 14.3. The molecule has 21 heavy (non-hydrogen) atoms. The number of nitrogens with zero attached hydrogens (tertiary/aromatic N) is 1. The predicted molar refractivity (Wildman–Crippen MR) is 82.0 cm³/mol. The minimum Gasteiger partial charge on any atom is -0.481 e. The number of nitriles is 1. The fourth-order valence-corrected chi connectivity index (χ4v) is 2.29. The number of hydrogen-bond acceptors (Lipinski definition) is 2. The largest absolute Gasteiger partial charge is 0.481 e. The van der Waals surface area contributed by atoms with E-state index in [1.54, 1.807) is 13.8 Å². The van der Waals surface area contributed by atoms with Crippen molar-refractivity contribution in [3.8, 4) is 6.07 Å². The molecule has 0 aliphatic rings. The Hall–Kier alpha value is -1.89. The summed E-state index contributed by atoms with van der Waals surface area (Å²) in [5.41, 5.74) is 1.59. The van der Waals surface area contributed by atoms with E-state index >= 15 is 0 Å². The summed E-state index contributed by atoms with van der Waals surface area (Å²) in [7, 11) is 0. The number of rotatable bonds is 4. The first-order valence-electron chi connectivity index (χ1n) is 7.26. The number of carboxylic acids is 1. The van der Waals surface area contributed by atoms with Gasteiger partial charge in [-0.1, -0.05) is 41.5 Å². The van der Waals surface area contributed by atoms with Crippen LogP contribution in [0.1, 0.15) is 75.6 Å². The molecular weight excluding hydrogens is 269 g/mol. The molecule has 1 aromatic carbocycles. The molecule has 0 aromatic heterocycles. The van der Waals surface area contributed by atoms with Gasteiger partial charge in [0.15, 0.2) is 0 Å². The highest BCUT2D eigenvalue weighted by Crippen LogP contribution is 2.32. The van der Waals surface area contributed by atoms with Crippen molar-refractivity contribution < 1.29 is 14.3 Å². The van der Waals surface area contributed by atoms with Gasteiger partial charge < -0.3 is 5.11 Å². The third-order valence-corrected chi connectivity index (χ3v) is 3.09. The number of carbonyl (C=O) groups is 1. The van der Waals surface area contributed by atoms with Gasteiger partial charge in [0.25, 0.3) is 0 Å². The van der Waals surface area contributed by atoms with E-state index in [0.717, 1.165) is 5.56 Å². The standard InChI is InChI=1S/C15H18FNO2.C2H6/c1-8(2)11-5-10(7-17)15(16)14(9(3)4)12(11)6-13(18)19;1-2/h5,8-9H,6H2,1-4H3,(H,18,19);1-2H3. The normalized spacial score (nSPS) is 10.1. The van der Waals surface area contributed by atoms with E-state index in [-0.39, 0.29) is 23.8 Å². The third kappa shape index (κ3) is 4.56. The van der Waals surface area contributed by atoms with Gasteiger partial charge in [-0.25, -0.2) is 4.39 Å². The van der Waals surface area contributed by atoms with Crippen LogP contribution in [-0.4, -0.2) is 11.1 Å². The lowest BCUT2D eigenvalue weighted by Crippen LogP contribution is -2.12. The van der Waals surface area contributed by atoms with E-state index in [2.05, 4.69) is 0 Å². The van der Waals surface area contributed by atoms with Crippen LogP contribution in [0.5, 0.6) is 0 Å². The van der Waals surface area contributed by atoms with Crippen molar-refractivity contribution in [2.75, 3.05) is 0 Å². The smallest absolute Gasteiger partial charge is 0.307 e. The highest BCUT2D eigenvalue weighted by atomic mass is 19.1. The van der Waals surface area contributed by atoms with E-state index in [9.17, 15) is 9.18 Å². The van der Waals surface area contributed by atoms with Gasteiger partial charge in [-0.05, 0) is 34.6 Å². The Balaban J connectivity index is 0.00000191. The molecular formula is C17H24FNO2. The number of hydrogen-bond donors (Lipinski definition) is 1. The maximum Gasteiger partial charge on any atom is 0.307 e. The zero-order chi connectivity index (χ0) is 16.7. The van der Waals surface area contributed by atoms with Gasteiger partial charge in [-0.2, -0.15) is 5.26 Å². The Morgan fingerprint density at radius 2 is 1.81 bits per heavy atom. The van der Waals surface area contributed by atoms with Crippen LogP contribution in [0.25, 0.3) is 0 Å². The van der Waals surface area contributed by atoms with Gasteiger partial charge in [0.2, 0.25) is 0 Å². The maximum atomic E-state index is 14.3. The van der Waals surface area contributed by atoms with Crippen LogP contribution >= 0.6 is 0 Å². The molecule has 0 saturated carbocycles. The van der Waals surface area contributed by atoms with E-state index in [0.29, 0.717) is 11.1 Å². The second-order valence-corrected chi connectivity index (χ2v) is 5.21. The molecule has 4 heteroatoms. The Morgan fingerprint density at radius 3 is 2.14 bits per heavy atom. The summed E-state index contributed by atoms with van der Waals surface area (Å²) in [4.78, 5) is 11.0. The van der Waals surface area contributed by atoms with Crippen molar-refractivity contribution in [1.82, 2.24) is 0 Å². The highest BCUT2D eigenvalue weighted by Gasteiger charge is 2.23. The van der Waals surface area contributed by atoms with E-state index in [1.807, 2.05) is 33.8 Å². The average molecular weight is 293 g/mol. The van der Waals surface area contributed by atoms with Crippen molar-refractivity contribution in [2.45, 2.75) is 59.8 Å². The van der Waals surface area contributed by atoms with Crippen LogP contribution in [0.2, 0.25) is 0 Å². The molecule has 0 bridgehead atoms. The van der Waals surface area contributed by atoms with Crippen LogP contribution in [0.3, 0.4) is 0 Å². The summed E-state index contributed by atoms with van der Waals surface area (Å²) in [5.74, 6) is -1.70. The summed E-state index contributed by atoms with van der Waals surface area (Å²) in [6.07, 6.45) is -0.219. The monoisotopic (exact) mass is 293 g/mol. The van der Waals surface area contributed by atoms with E-state index in [1.165, 1.54) is 6.07 Å². The van der Waals surface area contributed by atoms with Gasteiger partial charge in [0.1, 0.15) is 11.9 Å². The lowest BCUT2D eigenvalue weighted by atomic mass is 9.85. The van der Waals surface area contributed by atoms with Gasteiger partial charge >= 0.3 is 5.97 Å². The van der Waals surface area contributed by atoms with E-state index in [4.69, 9.17) is 10.4 Å². The summed E-state index contributed by atoms with van der Waals surface area (Å²) in [5, 5.41) is 18.0. The minimum atomic E-state index is -0.993. The van der Waals surface area contributed by atoms with Gasteiger partial charge in [-0.3, -0.25) is 4.79 Å². The molecule has 1 rings (SSSR count). The van der Waals surface area contributed by atoms with Crippen LogP contribution in [0.4, 0.5) is 4.39 Å². The first kappa shape index (κ1) is 19.1. The zero-order valence-corrected chi connectivity index (χ0v) is 13.6. The van der Waals surface area contributed by atoms with Crippen LogP contribution in [0.15, 0.2) is 6.07 Å². The van der Waals surface area contributed by atoms with Gasteiger partial charge in [0.05, 0.1) is 12.0 Å². The molecule has 0 aliphatic heterocycles. The number of benzene rings is 1. The third-order valence-electron chi connectivity index (χ3n) is 3.09. The second kappa shape index (κ2) is 8.41. The fourth-order valence-electron chi connectivity index (χ4n) is 2.29. The molecule has 0 amide bonds. The van der Waals surface area contributed by atoms with E-state index < -0.39 is 11.8 Å². The van der Waals surface area contributed by atoms with Crippen molar-refractivity contribution in [1.29, 1.82) is 5.26 Å². The molecule has 1 aromatic rings. The molecule has 3 nitrogen and oxygen atoms in total. The van der Waals surface area contributed by atoms with Crippen molar-refractivity contribution in [2.24, 2.45) is 0 Å². The summed E-state index contributed by atoms with van der Waals surface area (Å²) in [6, 6.07) is 3.32. The predicted octanol–water partition coefficient (Wildman–Crippen LogP) is 4.60. The molecule has 0 spiro atoms. The summed E-state index contributed by atoms with van der Waals surface area (Å²) in [6.45, 7) is 11.4. The molecule has 0 saturated heterocycles. The Bertz CT molecular complexity index is 543. The fraction of sp³-hybridized carbons (Fsp3) is 0.529. The molecule has 0 aliphatic carbocycles. The topological polar surface area (TPSA) is 61.1 Å². The minimum absolute atomic E-state index is 0.0125. The molecule has 1 N–H and O–H groups in total. The van der Waals surface area contributed by atoms with Gasteiger partial charge in [-0.15, -0.1) is 0 Å². The molecule has 116 valence electrons. The van der Waals surface area contributed by atoms with Crippen molar-refractivity contribution in [3.05, 3.63) is 34.1 Å². The second-order valence-electron chi connectivity index (χ2n) is 5.21. The Morgan fingerprint density at radius 1 is 1.29 bits per heavy atom. The first-order chi connectivity index (χ1) is 9.79. The summed E-state index contributed by atoms with van der Waals surface area (Å²) < 4.78 is 14.3. The quantitative estimate of drug-likeness (QED) is 0.882. The highest BCUT2D eigenvalue weighted by molar-refractivity contribution is 5.72. The average Bonchev–Trinajstić information content (AvgIpc) is 2.39. The molecule has 0 heterocycles. The number of halogens is 1. The SMILES string of the molecule is CC.CC(C)c1cc(C#N)c(F)c(C(C)C)c1CC(=O)O.